The first-order valence-corrected chi connectivity index (χ1v) is 17.2. The van der Waals surface area contributed by atoms with Crippen molar-refractivity contribution in [1.29, 1.82) is 0 Å². The molecule has 0 spiro atoms. The Hall–Kier alpha value is -6.14. The molecule has 0 amide bonds. The summed E-state index contributed by atoms with van der Waals surface area (Å²) in [5.74, 6) is 3.10. The zero-order chi connectivity index (χ0) is 33.9. The van der Waals surface area contributed by atoms with Crippen LogP contribution in [0.1, 0.15) is 50.7 Å². The first-order chi connectivity index (χ1) is 24.4. The molecule has 9 rings (SSSR count). The molecule has 6 heteroatoms. The molecule has 5 aromatic carbocycles. The van der Waals surface area contributed by atoms with Crippen LogP contribution in [0.4, 0.5) is 0 Å². The van der Waals surface area contributed by atoms with Crippen LogP contribution < -0.4 is 4.74 Å². The van der Waals surface area contributed by atoms with E-state index in [9.17, 15) is 0 Å². The second kappa shape index (κ2) is 11.8. The third-order valence-electron chi connectivity index (χ3n) is 9.68. The van der Waals surface area contributed by atoms with Gasteiger partial charge in [0.15, 0.2) is 0 Å². The van der Waals surface area contributed by atoms with Gasteiger partial charge in [-0.3, -0.25) is 4.57 Å². The smallest absolute Gasteiger partial charge is 0.137 e. The van der Waals surface area contributed by atoms with Crippen LogP contribution in [-0.2, 0) is 0 Å². The number of aromatic nitrogens is 4. The van der Waals surface area contributed by atoms with Crippen molar-refractivity contribution in [2.45, 2.75) is 39.5 Å². The van der Waals surface area contributed by atoms with Gasteiger partial charge in [0.05, 0.1) is 28.3 Å². The Labute approximate surface area is 290 Å². The first-order valence-electron chi connectivity index (χ1n) is 17.2. The molecule has 4 aromatic heterocycles. The van der Waals surface area contributed by atoms with E-state index in [0.717, 1.165) is 72.3 Å². The maximum absolute atomic E-state index is 6.58. The van der Waals surface area contributed by atoms with Crippen molar-refractivity contribution >= 4 is 43.7 Å². The average Bonchev–Trinajstić information content (AvgIpc) is 3.86. The Kier molecular flexibility index (Phi) is 7.06. The van der Waals surface area contributed by atoms with E-state index in [1.165, 1.54) is 16.7 Å². The van der Waals surface area contributed by atoms with Crippen molar-refractivity contribution in [3.05, 3.63) is 145 Å². The van der Waals surface area contributed by atoms with Crippen LogP contribution >= 0.6 is 0 Å². The normalized spacial score (nSPS) is 12.0. The molecule has 0 aliphatic carbocycles. The van der Waals surface area contributed by atoms with Gasteiger partial charge in [0.2, 0.25) is 0 Å². The maximum Gasteiger partial charge on any atom is 0.137 e. The maximum atomic E-state index is 6.58. The fourth-order valence-corrected chi connectivity index (χ4v) is 7.38. The van der Waals surface area contributed by atoms with Crippen LogP contribution in [0, 0.1) is 0 Å². The molecule has 0 aliphatic rings. The number of fused-ring (bicyclic) bond motifs is 7. The second-order valence-corrected chi connectivity index (χ2v) is 13.5. The zero-order valence-electron chi connectivity index (χ0n) is 28.5. The molecule has 0 saturated heterocycles. The molecule has 0 radical (unpaired) electrons. The Balaban J connectivity index is 1.13. The van der Waals surface area contributed by atoms with Crippen LogP contribution in [0.15, 0.2) is 138 Å². The molecule has 0 N–H and O–H groups in total. The zero-order valence-corrected chi connectivity index (χ0v) is 28.5. The highest BCUT2D eigenvalue weighted by Crippen LogP contribution is 2.42. The average molecular weight is 653 g/mol. The summed E-state index contributed by atoms with van der Waals surface area (Å²) in [5.41, 5.74) is 9.81. The third kappa shape index (κ3) is 4.86. The molecule has 0 bridgehead atoms. The third-order valence-corrected chi connectivity index (χ3v) is 9.68. The van der Waals surface area contributed by atoms with Gasteiger partial charge >= 0.3 is 0 Å². The lowest BCUT2D eigenvalue weighted by atomic mass is 9.86. The van der Waals surface area contributed by atoms with Crippen LogP contribution in [0.3, 0.4) is 0 Å². The van der Waals surface area contributed by atoms with Crippen molar-refractivity contribution in [1.82, 2.24) is 19.3 Å². The molecule has 0 atom stereocenters. The lowest BCUT2D eigenvalue weighted by Gasteiger charge is -2.18. The van der Waals surface area contributed by atoms with Gasteiger partial charge in [0.25, 0.3) is 0 Å². The summed E-state index contributed by atoms with van der Waals surface area (Å²) in [5, 5.41) is 9.21. The Bertz CT molecular complexity index is 2670. The summed E-state index contributed by atoms with van der Waals surface area (Å²) < 4.78 is 17.0. The highest BCUT2D eigenvalue weighted by molar-refractivity contribution is 6.24. The van der Waals surface area contributed by atoms with E-state index in [4.69, 9.17) is 19.2 Å². The number of hydrogen-bond acceptors (Lipinski definition) is 4. The summed E-state index contributed by atoms with van der Waals surface area (Å²) in [4.78, 5) is 4.79. The molecule has 0 fully saturated rings. The van der Waals surface area contributed by atoms with Crippen LogP contribution in [-0.4, -0.2) is 19.3 Å². The van der Waals surface area contributed by atoms with Crippen LogP contribution in [0.5, 0.6) is 11.5 Å². The molecule has 4 heterocycles. The molecular formula is C44H36N4O2. The van der Waals surface area contributed by atoms with Gasteiger partial charge < -0.3 is 9.15 Å². The van der Waals surface area contributed by atoms with Crippen molar-refractivity contribution < 1.29 is 9.15 Å². The van der Waals surface area contributed by atoms with E-state index >= 15 is 0 Å². The van der Waals surface area contributed by atoms with E-state index in [-0.39, 0.29) is 0 Å². The highest BCUT2D eigenvalue weighted by Gasteiger charge is 2.21. The van der Waals surface area contributed by atoms with Gasteiger partial charge in [-0.15, -0.1) is 0 Å². The monoisotopic (exact) mass is 652 g/mol. The summed E-state index contributed by atoms with van der Waals surface area (Å²) in [6.07, 6.45) is 5.94. The van der Waals surface area contributed by atoms with Crippen molar-refractivity contribution in [2.75, 3.05) is 0 Å². The SMILES string of the molecule is CC(C)c1cccc(C(C)C)c1-c1cnn(-c2cccc(Oc3ccc4c5ccc6oc7ccccc7c6c5n(-c5ccccn5)c4c3)c2)c1. The molecule has 6 nitrogen and oxygen atoms in total. The Morgan fingerprint density at radius 1 is 0.660 bits per heavy atom. The number of ether oxygens (including phenoxy) is 1. The van der Waals surface area contributed by atoms with Gasteiger partial charge in [0.1, 0.15) is 28.5 Å². The minimum Gasteiger partial charge on any atom is -0.457 e. The Morgan fingerprint density at radius 3 is 2.22 bits per heavy atom. The van der Waals surface area contributed by atoms with Gasteiger partial charge in [-0.25, -0.2) is 9.67 Å². The quantitative estimate of drug-likeness (QED) is 0.172. The number of hydrogen-bond donors (Lipinski definition) is 0. The van der Waals surface area contributed by atoms with Crippen LogP contribution in [0.2, 0.25) is 0 Å². The largest absolute Gasteiger partial charge is 0.457 e. The molecule has 0 saturated carbocycles. The molecule has 244 valence electrons. The topological polar surface area (TPSA) is 58.0 Å². The molecule has 9 aromatic rings. The highest BCUT2D eigenvalue weighted by atomic mass is 16.5. The van der Waals surface area contributed by atoms with Gasteiger partial charge in [-0.2, -0.15) is 5.10 Å². The van der Waals surface area contributed by atoms with Crippen molar-refractivity contribution in [2.24, 2.45) is 0 Å². The van der Waals surface area contributed by atoms with Crippen LogP contribution in [0.25, 0.3) is 66.4 Å². The molecular weight excluding hydrogens is 617 g/mol. The summed E-state index contributed by atoms with van der Waals surface area (Å²) in [6, 6.07) is 39.5. The minimum absolute atomic E-state index is 0.405. The number of para-hydroxylation sites is 1. The van der Waals surface area contributed by atoms with E-state index in [2.05, 4.69) is 99.1 Å². The van der Waals surface area contributed by atoms with E-state index in [1.807, 2.05) is 71.7 Å². The number of furan rings is 1. The number of nitrogens with zero attached hydrogens (tertiary/aromatic N) is 4. The lowest BCUT2D eigenvalue weighted by molar-refractivity contribution is 0.483. The fourth-order valence-electron chi connectivity index (χ4n) is 7.38. The van der Waals surface area contributed by atoms with E-state index in [1.54, 1.807) is 0 Å². The van der Waals surface area contributed by atoms with E-state index < -0.39 is 0 Å². The van der Waals surface area contributed by atoms with Crippen molar-refractivity contribution in [3.8, 4) is 34.1 Å². The first kappa shape index (κ1) is 30.0. The molecule has 0 unspecified atom stereocenters. The van der Waals surface area contributed by atoms with Gasteiger partial charge in [-0.1, -0.05) is 76.2 Å². The summed E-state index contributed by atoms with van der Waals surface area (Å²) in [6.45, 7) is 9.01. The van der Waals surface area contributed by atoms with E-state index in [0.29, 0.717) is 11.8 Å². The van der Waals surface area contributed by atoms with Gasteiger partial charge in [0, 0.05) is 46.2 Å². The van der Waals surface area contributed by atoms with Gasteiger partial charge in [-0.05, 0) is 83.1 Å². The molecule has 0 aliphatic heterocycles. The number of pyridine rings is 1. The predicted octanol–water partition coefficient (Wildman–Crippen LogP) is 12.0. The van der Waals surface area contributed by atoms with Crippen molar-refractivity contribution in [3.63, 3.8) is 0 Å². The predicted molar refractivity (Wildman–Crippen MR) is 203 cm³/mol. The minimum atomic E-state index is 0.405. The standard InChI is InChI=1S/C44H36N4O2/c1-27(2)33-14-10-15-34(28(3)4)42(33)29-25-46-47(26-29)30-11-9-12-31(23-30)49-32-18-19-35-36-20-21-40-43(37-13-5-6-16-39(37)50-40)44(36)48(38(35)24-32)41-17-7-8-22-45-41/h5-28H,1-4H3. The lowest BCUT2D eigenvalue weighted by Crippen LogP contribution is -1.99. The summed E-state index contributed by atoms with van der Waals surface area (Å²) in [7, 11) is 0. The molecule has 50 heavy (non-hydrogen) atoms. The Morgan fingerprint density at radius 2 is 1.42 bits per heavy atom. The summed E-state index contributed by atoms with van der Waals surface area (Å²) >= 11 is 0. The fraction of sp³-hybridized carbons (Fsp3) is 0.136. The number of rotatable bonds is 7. The number of benzene rings is 5. The second-order valence-electron chi connectivity index (χ2n) is 13.5.